The quantitative estimate of drug-likeness (QED) is 0.666. The molecule has 94 valence electrons. The van der Waals surface area contributed by atoms with Crippen molar-refractivity contribution >= 4 is 10.8 Å². The average Bonchev–Trinajstić information content (AvgIpc) is 2.49. The van der Waals surface area contributed by atoms with Crippen LogP contribution in [-0.4, -0.2) is 7.11 Å². The summed E-state index contributed by atoms with van der Waals surface area (Å²) in [5, 5.41) is 2.53. The van der Waals surface area contributed by atoms with E-state index in [2.05, 4.69) is 60.7 Å². The fourth-order valence-corrected chi connectivity index (χ4v) is 2.49. The number of rotatable bonds is 3. The first kappa shape index (κ1) is 11.8. The van der Waals surface area contributed by atoms with Crippen LogP contribution in [0.5, 0.6) is 5.75 Å². The molecule has 1 nitrogen and oxygen atoms in total. The van der Waals surface area contributed by atoms with Crippen LogP contribution < -0.4 is 4.74 Å². The molecule has 0 radical (unpaired) electrons. The maximum absolute atomic E-state index is 5.53. The van der Waals surface area contributed by atoms with Gasteiger partial charge in [-0.25, -0.2) is 0 Å². The first-order valence-corrected chi connectivity index (χ1v) is 6.47. The van der Waals surface area contributed by atoms with Crippen molar-refractivity contribution in [3.63, 3.8) is 0 Å². The van der Waals surface area contributed by atoms with Gasteiger partial charge < -0.3 is 4.74 Å². The molecule has 0 aliphatic rings. The third-order valence-corrected chi connectivity index (χ3v) is 3.44. The lowest BCUT2D eigenvalue weighted by Crippen LogP contribution is -1.95. The van der Waals surface area contributed by atoms with E-state index in [1.54, 1.807) is 7.11 Å². The fourth-order valence-electron chi connectivity index (χ4n) is 2.49. The molecule has 0 aromatic heterocycles. The Bertz CT molecular complexity index is 686. The molecule has 0 spiro atoms. The van der Waals surface area contributed by atoms with E-state index in [1.807, 2.05) is 6.07 Å². The van der Waals surface area contributed by atoms with E-state index in [0.29, 0.717) is 0 Å². The lowest BCUT2D eigenvalue weighted by Gasteiger charge is -2.12. The van der Waals surface area contributed by atoms with Crippen LogP contribution in [-0.2, 0) is 6.42 Å². The molecule has 3 aromatic rings. The van der Waals surface area contributed by atoms with Crippen molar-refractivity contribution in [1.82, 2.24) is 0 Å². The summed E-state index contributed by atoms with van der Waals surface area (Å²) < 4.78 is 5.53. The zero-order chi connectivity index (χ0) is 13.1. The minimum atomic E-state index is 0.894. The highest BCUT2D eigenvalue weighted by Crippen LogP contribution is 2.29. The molecule has 3 aromatic carbocycles. The zero-order valence-electron chi connectivity index (χ0n) is 11.0. The van der Waals surface area contributed by atoms with Gasteiger partial charge in [-0.05, 0) is 22.4 Å². The Kier molecular flexibility index (Phi) is 3.20. The SMILES string of the molecule is COc1ccc2ccccc2c1Cc1ccccc1. The second-order valence-corrected chi connectivity index (χ2v) is 4.63. The monoisotopic (exact) mass is 248 g/mol. The van der Waals surface area contributed by atoms with Crippen LogP contribution in [0.15, 0.2) is 66.7 Å². The number of fused-ring (bicyclic) bond motifs is 1. The van der Waals surface area contributed by atoms with Crippen molar-refractivity contribution in [3.05, 3.63) is 77.9 Å². The molecular formula is C18H16O. The molecule has 0 saturated carbocycles. The Morgan fingerprint density at radius 2 is 1.53 bits per heavy atom. The van der Waals surface area contributed by atoms with Crippen molar-refractivity contribution in [2.45, 2.75) is 6.42 Å². The molecular weight excluding hydrogens is 232 g/mol. The highest BCUT2D eigenvalue weighted by Gasteiger charge is 2.08. The van der Waals surface area contributed by atoms with Gasteiger partial charge in [0.15, 0.2) is 0 Å². The minimum Gasteiger partial charge on any atom is -0.496 e. The Balaban J connectivity index is 2.15. The number of ether oxygens (including phenoxy) is 1. The first-order valence-electron chi connectivity index (χ1n) is 6.47. The molecule has 0 amide bonds. The molecule has 0 bridgehead atoms. The maximum atomic E-state index is 5.53. The predicted octanol–water partition coefficient (Wildman–Crippen LogP) is 4.44. The van der Waals surface area contributed by atoms with Gasteiger partial charge in [-0.1, -0.05) is 60.7 Å². The Morgan fingerprint density at radius 3 is 2.32 bits per heavy atom. The van der Waals surface area contributed by atoms with Crippen LogP contribution >= 0.6 is 0 Å². The van der Waals surface area contributed by atoms with Crippen LogP contribution in [0.3, 0.4) is 0 Å². The summed E-state index contributed by atoms with van der Waals surface area (Å²) in [5.41, 5.74) is 2.56. The Hall–Kier alpha value is -2.28. The van der Waals surface area contributed by atoms with E-state index in [0.717, 1.165) is 12.2 Å². The normalized spacial score (nSPS) is 10.6. The third kappa shape index (κ3) is 2.32. The lowest BCUT2D eigenvalue weighted by atomic mass is 9.97. The van der Waals surface area contributed by atoms with Gasteiger partial charge in [0.25, 0.3) is 0 Å². The van der Waals surface area contributed by atoms with Gasteiger partial charge in [0.1, 0.15) is 5.75 Å². The lowest BCUT2D eigenvalue weighted by molar-refractivity contribution is 0.411. The van der Waals surface area contributed by atoms with Gasteiger partial charge in [0, 0.05) is 12.0 Å². The Labute approximate surface area is 113 Å². The minimum absolute atomic E-state index is 0.894. The topological polar surface area (TPSA) is 9.23 Å². The van der Waals surface area contributed by atoms with Crippen molar-refractivity contribution in [1.29, 1.82) is 0 Å². The highest BCUT2D eigenvalue weighted by atomic mass is 16.5. The molecule has 0 fully saturated rings. The van der Waals surface area contributed by atoms with Crippen LogP contribution in [0.1, 0.15) is 11.1 Å². The van der Waals surface area contributed by atoms with Gasteiger partial charge in [0.2, 0.25) is 0 Å². The molecule has 3 rings (SSSR count). The average molecular weight is 248 g/mol. The van der Waals surface area contributed by atoms with E-state index in [1.165, 1.54) is 21.9 Å². The molecule has 0 N–H and O–H groups in total. The first-order chi connectivity index (χ1) is 9.38. The highest BCUT2D eigenvalue weighted by molar-refractivity contribution is 5.88. The van der Waals surface area contributed by atoms with Crippen molar-refractivity contribution in [2.75, 3.05) is 7.11 Å². The van der Waals surface area contributed by atoms with Gasteiger partial charge in [-0.15, -0.1) is 0 Å². The second kappa shape index (κ2) is 5.15. The smallest absolute Gasteiger partial charge is 0.123 e. The van der Waals surface area contributed by atoms with Gasteiger partial charge in [0.05, 0.1) is 7.11 Å². The molecule has 0 atom stereocenters. The van der Waals surface area contributed by atoms with Crippen molar-refractivity contribution < 1.29 is 4.74 Å². The molecule has 0 aliphatic heterocycles. The summed E-state index contributed by atoms with van der Waals surface area (Å²) in [5.74, 6) is 0.961. The maximum Gasteiger partial charge on any atom is 0.123 e. The van der Waals surface area contributed by atoms with Gasteiger partial charge in [-0.3, -0.25) is 0 Å². The molecule has 0 heterocycles. The molecule has 0 unspecified atom stereocenters. The third-order valence-electron chi connectivity index (χ3n) is 3.44. The largest absolute Gasteiger partial charge is 0.496 e. The predicted molar refractivity (Wildman–Crippen MR) is 79.7 cm³/mol. The number of benzene rings is 3. The van der Waals surface area contributed by atoms with E-state index in [4.69, 9.17) is 4.74 Å². The summed E-state index contributed by atoms with van der Waals surface area (Å²) in [6.07, 6.45) is 0.894. The van der Waals surface area contributed by atoms with Crippen molar-refractivity contribution in [2.24, 2.45) is 0 Å². The summed E-state index contributed by atoms with van der Waals surface area (Å²) >= 11 is 0. The van der Waals surface area contributed by atoms with Crippen LogP contribution in [0, 0.1) is 0 Å². The second-order valence-electron chi connectivity index (χ2n) is 4.63. The summed E-state index contributed by atoms with van der Waals surface area (Å²) in [4.78, 5) is 0. The molecule has 0 aliphatic carbocycles. The number of methoxy groups -OCH3 is 1. The summed E-state index contributed by atoms with van der Waals surface area (Å²) in [6.45, 7) is 0. The van der Waals surface area contributed by atoms with Crippen LogP contribution in [0.2, 0.25) is 0 Å². The molecule has 0 saturated heterocycles. The van der Waals surface area contributed by atoms with E-state index < -0.39 is 0 Å². The number of hydrogen-bond acceptors (Lipinski definition) is 1. The van der Waals surface area contributed by atoms with Crippen LogP contribution in [0.25, 0.3) is 10.8 Å². The summed E-state index contributed by atoms with van der Waals surface area (Å²) in [7, 11) is 1.73. The van der Waals surface area contributed by atoms with Crippen LogP contribution in [0.4, 0.5) is 0 Å². The van der Waals surface area contributed by atoms with Gasteiger partial charge in [-0.2, -0.15) is 0 Å². The van der Waals surface area contributed by atoms with Gasteiger partial charge >= 0.3 is 0 Å². The Morgan fingerprint density at radius 1 is 0.789 bits per heavy atom. The zero-order valence-corrected chi connectivity index (χ0v) is 11.0. The van der Waals surface area contributed by atoms with E-state index >= 15 is 0 Å². The molecule has 19 heavy (non-hydrogen) atoms. The van der Waals surface area contributed by atoms with Crippen molar-refractivity contribution in [3.8, 4) is 5.75 Å². The standard InChI is InChI=1S/C18H16O/c1-19-18-12-11-15-9-5-6-10-16(15)17(18)13-14-7-3-2-4-8-14/h2-12H,13H2,1H3. The summed E-state index contributed by atoms with van der Waals surface area (Å²) in [6, 6.07) is 23.1. The van der Waals surface area contributed by atoms with E-state index in [9.17, 15) is 0 Å². The molecule has 1 heteroatoms. The number of hydrogen-bond donors (Lipinski definition) is 0. The van der Waals surface area contributed by atoms with E-state index in [-0.39, 0.29) is 0 Å². The fraction of sp³-hybridized carbons (Fsp3) is 0.111.